The molecule has 0 saturated heterocycles. The van der Waals surface area contributed by atoms with Gasteiger partial charge in [-0.3, -0.25) is 0 Å². The fourth-order valence-corrected chi connectivity index (χ4v) is 2.83. The highest BCUT2D eigenvalue weighted by Crippen LogP contribution is 2.26. The van der Waals surface area contributed by atoms with Gasteiger partial charge in [0.15, 0.2) is 11.0 Å². The largest absolute Gasteiger partial charge is 0.339 e. The van der Waals surface area contributed by atoms with E-state index in [9.17, 15) is 0 Å². The average Bonchev–Trinajstić information content (AvgIpc) is 3.02. The number of benzene rings is 1. The fraction of sp³-hybridized carbons (Fsp3) is 0.400. The third-order valence-corrected chi connectivity index (χ3v) is 4.21. The smallest absolute Gasteiger partial charge is 0.232 e. The van der Waals surface area contributed by atoms with E-state index in [0.717, 1.165) is 16.2 Å². The van der Waals surface area contributed by atoms with Gasteiger partial charge in [-0.05, 0) is 12.1 Å². The lowest BCUT2D eigenvalue weighted by atomic mass is 9.97. The van der Waals surface area contributed by atoms with Crippen molar-refractivity contribution in [2.75, 3.05) is 0 Å². The Kier molecular flexibility index (Phi) is 3.49. The van der Waals surface area contributed by atoms with E-state index in [2.05, 4.69) is 46.5 Å². The van der Waals surface area contributed by atoms with Gasteiger partial charge in [-0.15, -0.1) is 0 Å². The van der Waals surface area contributed by atoms with Crippen LogP contribution in [0.15, 0.2) is 33.9 Å². The molecule has 0 N–H and O–H groups in total. The van der Waals surface area contributed by atoms with Crippen LogP contribution in [0, 0.1) is 0 Å². The van der Waals surface area contributed by atoms with E-state index in [1.54, 1.807) is 11.8 Å². The zero-order valence-corrected chi connectivity index (χ0v) is 13.4. The van der Waals surface area contributed by atoms with Crippen LogP contribution in [0.2, 0.25) is 0 Å². The first kappa shape index (κ1) is 14.1. The summed E-state index contributed by atoms with van der Waals surface area (Å²) < 4.78 is 7.39. The van der Waals surface area contributed by atoms with Crippen LogP contribution in [0.5, 0.6) is 0 Å². The number of thioether (sulfide) groups is 1. The molecule has 0 spiro atoms. The Morgan fingerprint density at radius 3 is 2.62 bits per heavy atom. The summed E-state index contributed by atoms with van der Waals surface area (Å²) in [5.41, 5.74) is 2.02. The van der Waals surface area contributed by atoms with Crippen molar-refractivity contribution in [1.29, 1.82) is 0 Å². The lowest BCUT2D eigenvalue weighted by molar-refractivity contribution is 0.319. The second-order valence-corrected chi connectivity index (χ2v) is 6.94. The molecule has 2 aromatic heterocycles. The number of hydrogen-bond acceptors (Lipinski definition) is 5. The average molecular weight is 302 g/mol. The maximum Gasteiger partial charge on any atom is 0.232 e. The van der Waals surface area contributed by atoms with Gasteiger partial charge in [0.05, 0.1) is 16.8 Å². The molecule has 5 nitrogen and oxygen atoms in total. The zero-order valence-electron chi connectivity index (χ0n) is 12.6. The molecule has 0 amide bonds. The molecule has 6 heteroatoms. The van der Waals surface area contributed by atoms with Crippen LogP contribution in [0.1, 0.15) is 32.5 Å². The van der Waals surface area contributed by atoms with Crippen molar-refractivity contribution in [2.24, 2.45) is 7.05 Å². The van der Waals surface area contributed by atoms with Gasteiger partial charge in [0, 0.05) is 12.5 Å². The summed E-state index contributed by atoms with van der Waals surface area (Å²) in [5.74, 6) is 2.02. The number of para-hydroxylation sites is 2. The molecule has 2 heterocycles. The Labute approximate surface area is 127 Å². The molecule has 0 fully saturated rings. The van der Waals surface area contributed by atoms with Crippen molar-refractivity contribution in [2.45, 2.75) is 37.1 Å². The van der Waals surface area contributed by atoms with Crippen LogP contribution >= 0.6 is 11.8 Å². The zero-order chi connectivity index (χ0) is 15.0. The van der Waals surface area contributed by atoms with E-state index in [-0.39, 0.29) is 5.41 Å². The van der Waals surface area contributed by atoms with Crippen LogP contribution in [0.25, 0.3) is 11.0 Å². The first-order valence-corrected chi connectivity index (χ1v) is 7.81. The predicted molar refractivity (Wildman–Crippen MR) is 83.3 cm³/mol. The minimum absolute atomic E-state index is 0.117. The van der Waals surface area contributed by atoms with Crippen molar-refractivity contribution < 1.29 is 4.52 Å². The number of aromatic nitrogens is 4. The molecule has 21 heavy (non-hydrogen) atoms. The molecule has 0 unspecified atom stereocenters. The van der Waals surface area contributed by atoms with Crippen molar-refractivity contribution in [3.63, 3.8) is 0 Å². The SMILES string of the molecule is Cn1c(SCc2noc(C(C)(C)C)n2)nc2ccccc21. The van der Waals surface area contributed by atoms with Crippen molar-refractivity contribution in [3.05, 3.63) is 36.0 Å². The van der Waals surface area contributed by atoms with Crippen LogP contribution in [0.3, 0.4) is 0 Å². The van der Waals surface area contributed by atoms with Crippen LogP contribution in [0.4, 0.5) is 0 Å². The summed E-state index contributed by atoms with van der Waals surface area (Å²) >= 11 is 1.62. The van der Waals surface area contributed by atoms with E-state index in [1.165, 1.54) is 0 Å². The highest BCUT2D eigenvalue weighted by Gasteiger charge is 2.21. The van der Waals surface area contributed by atoms with Gasteiger partial charge in [-0.25, -0.2) is 4.98 Å². The van der Waals surface area contributed by atoms with Gasteiger partial charge in [-0.2, -0.15) is 4.98 Å². The number of imidazole rings is 1. The lowest BCUT2D eigenvalue weighted by Gasteiger charge is -2.10. The topological polar surface area (TPSA) is 56.7 Å². The predicted octanol–water partition coefficient (Wildman–Crippen LogP) is 3.55. The van der Waals surface area contributed by atoms with Gasteiger partial charge < -0.3 is 9.09 Å². The van der Waals surface area contributed by atoms with E-state index in [1.807, 2.05) is 25.2 Å². The van der Waals surface area contributed by atoms with Crippen LogP contribution in [-0.4, -0.2) is 19.7 Å². The number of hydrogen-bond donors (Lipinski definition) is 0. The Balaban J connectivity index is 1.77. The van der Waals surface area contributed by atoms with Gasteiger partial charge in [0.2, 0.25) is 5.89 Å². The molecule has 0 radical (unpaired) electrons. The molecule has 0 aliphatic carbocycles. The third kappa shape index (κ3) is 2.81. The standard InChI is InChI=1S/C15H18N4OS/c1-15(2,3)13-17-12(18-20-13)9-21-14-16-10-7-5-6-8-11(10)19(14)4/h5-8H,9H2,1-4H3. The second-order valence-electron chi connectivity index (χ2n) is 6.00. The minimum Gasteiger partial charge on any atom is -0.339 e. The molecular weight excluding hydrogens is 284 g/mol. The number of aryl methyl sites for hydroxylation is 1. The summed E-state index contributed by atoms with van der Waals surface area (Å²) in [5, 5.41) is 4.99. The Hall–Kier alpha value is -1.82. The molecule has 0 aliphatic heterocycles. The number of fused-ring (bicyclic) bond motifs is 1. The fourth-order valence-electron chi connectivity index (χ4n) is 2.00. The molecule has 3 aromatic rings. The Morgan fingerprint density at radius 1 is 1.19 bits per heavy atom. The summed E-state index contributed by atoms with van der Waals surface area (Å²) in [4.78, 5) is 9.07. The summed E-state index contributed by atoms with van der Waals surface area (Å²) in [6, 6.07) is 8.11. The maximum atomic E-state index is 5.31. The van der Waals surface area contributed by atoms with Gasteiger partial charge in [0.1, 0.15) is 0 Å². The van der Waals surface area contributed by atoms with Crippen LogP contribution in [-0.2, 0) is 18.2 Å². The molecular formula is C15H18N4OS. The second kappa shape index (κ2) is 5.18. The molecule has 110 valence electrons. The molecule has 0 aliphatic rings. The van der Waals surface area contributed by atoms with Crippen LogP contribution < -0.4 is 0 Å². The van der Waals surface area contributed by atoms with Gasteiger partial charge in [0.25, 0.3) is 0 Å². The monoisotopic (exact) mass is 302 g/mol. The first-order valence-electron chi connectivity index (χ1n) is 6.82. The van der Waals surface area contributed by atoms with Gasteiger partial charge in [-0.1, -0.05) is 49.8 Å². The minimum atomic E-state index is -0.117. The van der Waals surface area contributed by atoms with E-state index >= 15 is 0 Å². The molecule has 0 bridgehead atoms. The lowest BCUT2D eigenvalue weighted by Crippen LogP contribution is -2.11. The van der Waals surface area contributed by atoms with Gasteiger partial charge >= 0.3 is 0 Å². The van der Waals surface area contributed by atoms with Crippen molar-refractivity contribution >= 4 is 22.8 Å². The summed E-state index contributed by atoms with van der Waals surface area (Å²) in [6.45, 7) is 6.18. The third-order valence-electron chi connectivity index (χ3n) is 3.19. The molecule has 0 saturated carbocycles. The highest BCUT2D eigenvalue weighted by atomic mass is 32.2. The van der Waals surface area contributed by atoms with Crippen molar-refractivity contribution in [1.82, 2.24) is 19.7 Å². The summed E-state index contributed by atoms with van der Waals surface area (Å²) in [7, 11) is 2.02. The van der Waals surface area contributed by atoms with E-state index < -0.39 is 0 Å². The molecule has 0 atom stereocenters. The molecule has 3 rings (SSSR count). The summed E-state index contributed by atoms with van der Waals surface area (Å²) in [6.07, 6.45) is 0. The maximum absolute atomic E-state index is 5.31. The Bertz CT molecular complexity index is 769. The number of nitrogens with zero attached hydrogens (tertiary/aromatic N) is 4. The Morgan fingerprint density at radius 2 is 1.95 bits per heavy atom. The number of rotatable bonds is 3. The first-order chi connectivity index (χ1) is 9.95. The van der Waals surface area contributed by atoms with E-state index in [0.29, 0.717) is 17.5 Å². The molecule has 1 aromatic carbocycles. The van der Waals surface area contributed by atoms with E-state index in [4.69, 9.17) is 4.52 Å². The highest BCUT2D eigenvalue weighted by molar-refractivity contribution is 7.98. The normalized spacial score (nSPS) is 12.2. The quantitative estimate of drug-likeness (QED) is 0.693. The van der Waals surface area contributed by atoms with Crippen molar-refractivity contribution in [3.8, 4) is 0 Å².